The number of hydrogen-bond acceptors (Lipinski definition) is 2. The molecule has 2 nitrogen and oxygen atoms in total. The molecule has 1 aliphatic heterocycles. The van der Waals surface area contributed by atoms with Crippen LogP contribution in [0.1, 0.15) is 20.8 Å². The maximum Gasteiger partial charge on any atom is 0.211 e. The van der Waals surface area contributed by atoms with Gasteiger partial charge in [-0.1, -0.05) is 39.5 Å². The van der Waals surface area contributed by atoms with E-state index in [9.17, 15) is 0 Å². The van der Waals surface area contributed by atoms with Crippen molar-refractivity contribution in [2.75, 3.05) is 7.11 Å². The first-order valence-corrected chi connectivity index (χ1v) is 5.19. The van der Waals surface area contributed by atoms with Crippen LogP contribution in [0.15, 0.2) is 29.3 Å². The summed E-state index contributed by atoms with van der Waals surface area (Å²) in [6.07, 6.45) is 3.69. The molecule has 0 N–H and O–H groups in total. The van der Waals surface area contributed by atoms with Crippen molar-refractivity contribution in [1.82, 2.24) is 0 Å². The highest BCUT2D eigenvalue weighted by molar-refractivity contribution is 6.17. The van der Waals surface area contributed by atoms with Gasteiger partial charge in [0.05, 0.1) is 7.11 Å². The fourth-order valence-electron chi connectivity index (χ4n) is 1.90. The van der Waals surface area contributed by atoms with E-state index in [4.69, 9.17) is 12.6 Å². The van der Waals surface area contributed by atoms with Gasteiger partial charge in [-0.3, -0.25) is 4.99 Å². The van der Waals surface area contributed by atoms with Gasteiger partial charge in [-0.25, -0.2) is 0 Å². The molecule has 0 spiro atoms. The van der Waals surface area contributed by atoms with Crippen molar-refractivity contribution >= 4 is 13.7 Å². The van der Waals surface area contributed by atoms with Crippen molar-refractivity contribution in [3.05, 3.63) is 24.3 Å². The lowest BCUT2D eigenvalue weighted by molar-refractivity contribution is 0.285. The second-order valence-electron chi connectivity index (χ2n) is 4.34. The van der Waals surface area contributed by atoms with Crippen molar-refractivity contribution in [2.45, 2.75) is 26.7 Å². The molecular formula is C12H18BNO. The van der Waals surface area contributed by atoms with Crippen LogP contribution >= 0.6 is 0 Å². The van der Waals surface area contributed by atoms with E-state index in [1.54, 1.807) is 13.2 Å². The highest BCUT2D eigenvalue weighted by Gasteiger charge is 2.44. The Balaban J connectivity index is 3.21. The van der Waals surface area contributed by atoms with Gasteiger partial charge in [-0.15, -0.1) is 0 Å². The summed E-state index contributed by atoms with van der Waals surface area (Å²) in [4.78, 5) is 4.34. The summed E-state index contributed by atoms with van der Waals surface area (Å²) in [6.45, 7) is 10.1. The topological polar surface area (TPSA) is 21.6 Å². The molecule has 80 valence electrons. The molecule has 0 aromatic rings. The van der Waals surface area contributed by atoms with Crippen LogP contribution in [-0.4, -0.2) is 26.8 Å². The Labute approximate surface area is 93.5 Å². The first-order chi connectivity index (χ1) is 6.98. The Morgan fingerprint density at radius 3 is 2.60 bits per heavy atom. The van der Waals surface area contributed by atoms with E-state index in [-0.39, 0.29) is 11.4 Å². The number of allylic oxidation sites excluding steroid dienone is 2. The van der Waals surface area contributed by atoms with Crippen LogP contribution < -0.4 is 0 Å². The minimum Gasteiger partial charge on any atom is -0.481 e. The monoisotopic (exact) mass is 203 g/mol. The number of aliphatic imine (C=N–C) groups is 1. The van der Waals surface area contributed by atoms with E-state index >= 15 is 0 Å². The van der Waals surface area contributed by atoms with Crippen molar-refractivity contribution in [3.63, 3.8) is 0 Å². The summed E-state index contributed by atoms with van der Waals surface area (Å²) in [5.74, 6) is 0.798. The highest BCUT2D eigenvalue weighted by atomic mass is 16.5. The van der Waals surface area contributed by atoms with Crippen molar-refractivity contribution < 1.29 is 4.74 Å². The van der Waals surface area contributed by atoms with Gasteiger partial charge in [0.2, 0.25) is 5.90 Å². The van der Waals surface area contributed by atoms with Crippen molar-refractivity contribution in [1.29, 1.82) is 0 Å². The van der Waals surface area contributed by atoms with Crippen LogP contribution in [-0.2, 0) is 4.74 Å². The first kappa shape index (κ1) is 12.1. The minimum absolute atomic E-state index is 0.167. The molecule has 0 fully saturated rings. The average molecular weight is 203 g/mol. The van der Waals surface area contributed by atoms with Crippen LogP contribution in [0.3, 0.4) is 0 Å². The van der Waals surface area contributed by atoms with Gasteiger partial charge in [-0.05, 0) is 5.92 Å². The summed E-state index contributed by atoms with van der Waals surface area (Å²) < 4.78 is 5.25. The van der Waals surface area contributed by atoms with Crippen molar-refractivity contribution in [3.8, 4) is 0 Å². The molecule has 0 aromatic carbocycles. The summed E-state index contributed by atoms with van der Waals surface area (Å²) in [5.41, 5.74) is 0.877. The lowest BCUT2D eigenvalue weighted by Crippen LogP contribution is -2.35. The zero-order chi connectivity index (χ0) is 11.6. The van der Waals surface area contributed by atoms with E-state index < -0.39 is 0 Å². The molecule has 1 unspecified atom stereocenters. The SMILES string of the molecule is [B]C1N=C(OC)/C(=C/C=C)[C@@]1(C)C(C)C. The minimum atomic E-state index is -0.237. The van der Waals surface area contributed by atoms with Gasteiger partial charge in [0.25, 0.3) is 0 Å². The second-order valence-corrected chi connectivity index (χ2v) is 4.34. The quantitative estimate of drug-likeness (QED) is 0.631. The van der Waals surface area contributed by atoms with Crippen LogP contribution in [0.2, 0.25) is 0 Å². The third kappa shape index (κ3) is 1.75. The molecule has 0 bridgehead atoms. The van der Waals surface area contributed by atoms with Gasteiger partial charge < -0.3 is 4.74 Å². The van der Waals surface area contributed by atoms with Crippen LogP contribution in [0.25, 0.3) is 0 Å². The number of ether oxygens (including phenoxy) is 1. The van der Waals surface area contributed by atoms with E-state index in [0.29, 0.717) is 11.8 Å². The molecule has 0 amide bonds. The summed E-state index contributed by atoms with van der Waals surface area (Å²) >= 11 is 0. The van der Waals surface area contributed by atoms with Crippen molar-refractivity contribution in [2.24, 2.45) is 16.3 Å². The van der Waals surface area contributed by atoms with Gasteiger partial charge in [-0.2, -0.15) is 0 Å². The smallest absolute Gasteiger partial charge is 0.211 e. The predicted molar refractivity (Wildman–Crippen MR) is 65.2 cm³/mol. The zero-order valence-corrected chi connectivity index (χ0v) is 9.95. The maximum absolute atomic E-state index is 6.06. The molecular weight excluding hydrogens is 185 g/mol. The second kappa shape index (κ2) is 4.25. The van der Waals surface area contributed by atoms with Gasteiger partial charge in [0.15, 0.2) is 0 Å². The predicted octanol–water partition coefficient (Wildman–Crippen LogP) is 2.31. The fraction of sp³-hybridized carbons (Fsp3) is 0.583. The Hall–Kier alpha value is -0.985. The lowest BCUT2D eigenvalue weighted by Gasteiger charge is -2.34. The van der Waals surface area contributed by atoms with E-state index in [1.807, 2.05) is 6.08 Å². The van der Waals surface area contributed by atoms with Crippen LogP contribution in [0, 0.1) is 11.3 Å². The largest absolute Gasteiger partial charge is 0.481 e. The summed E-state index contributed by atoms with van der Waals surface area (Å²) in [6, 6.07) is 0. The fourth-order valence-corrected chi connectivity index (χ4v) is 1.90. The third-order valence-electron chi connectivity index (χ3n) is 3.36. The Bertz CT molecular complexity index is 320. The number of rotatable bonds is 2. The molecule has 0 saturated carbocycles. The highest BCUT2D eigenvalue weighted by Crippen LogP contribution is 2.44. The van der Waals surface area contributed by atoms with Gasteiger partial charge >= 0.3 is 0 Å². The lowest BCUT2D eigenvalue weighted by atomic mass is 9.63. The Morgan fingerprint density at radius 2 is 2.20 bits per heavy atom. The Kier molecular flexibility index (Phi) is 3.43. The molecule has 0 aromatic heterocycles. The molecule has 1 heterocycles. The van der Waals surface area contributed by atoms with E-state index in [1.165, 1.54) is 0 Å². The molecule has 1 aliphatic rings. The molecule has 0 saturated heterocycles. The van der Waals surface area contributed by atoms with Crippen LogP contribution in [0.4, 0.5) is 0 Å². The molecule has 0 aliphatic carbocycles. The molecule has 15 heavy (non-hydrogen) atoms. The van der Waals surface area contributed by atoms with E-state index in [2.05, 4.69) is 32.3 Å². The molecule has 2 radical (unpaired) electrons. The van der Waals surface area contributed by atoms with Gasteiger partial charge in [0.1, 0.15) is 7.85 Å². The van der Waals surface area contributed by atoms with Gasteiger partial charge in [0, 0.05) is 16.9 Å². The average Bonchev–Trinajstić information content (AvgIpc) is 2.44. The number of hydrogen-bond donors (Lipinski definition) is 0. The standard InChI is InChI=1S/C12H18BNO/c1-6-7-9-10(15-5)14-11(13)12(9,4)8(2)3/h6-8,11H,1H2,2-5H3/b9-7-/t11?,12-/m1/s1. The summed E-state index contributed by atoms with van der Waals surface area (Å²) in [5, 5.41) is 0. The first-order valence-electron chi connectivity index (χ1n) is 5.19. The van der Waals surface area contributed by atoms with E-state index in [0.717, 1.165) is 5.57 Å². The Morgan fingerprint density at radius 1 is 1.60 bits per heavy atom. The number of methoxy groups -OCH3 is 1. The maximum atomic E-state index is 6.06. The summed E-state index contributed by atoms with van der Waals surface area (Å²) in [7, 11) is 7.68. The molecule has 3 heteroatoms. The third-order valence-corrected chi connectivity index (χ3v) is 3.36. The normalized spacial score (nSPS) is 33.3. The molecule has 2 atom stereocenters. The van der Waals surface area contributed by atoms with Crippen LogP contribution in [0.5, 0.6) is 0 Å². The number of nitrogens with zero attached hydrogens (tertiary/aromatic N) is 1. The zero-order valence-electron chi connectivity index (χ0n) is 9.95. The molecule has 1 rings (SSSR count).